The number of benzene rings is 4. The van der Waals surface area contributed by atoms with Crippen molar-refractivity contribution >= 4 is 40.8 Å². The van der Waals surface area contributed by atoms with Crippen LogP contribution in [-0.4, -0.2) is 42.0 Å². The van der Waals surface area contributed by atoms with Gasteiger partial charge in [0.2, 0.25) is 0 Å². The van der Waals surface area contributed by atoms with E-state index in [1.54, 1.807) is 42.5 Å². The topological polar surface area (TPSA) is 106 Å². The summed E-state index contributed by atoms with van der Waals surface area (Å²) < 4.78 is 39.3. The van der Waals surface area contributed by atoms with Gasteiger partial charge in [-0.05, 0) is 71.5 Å². The van der Waals surface area contributed by atoms with Gasteiger partial charge in [0, 0.05) is 33.8 Å². The molecule has 6 rings (SSSR count). The van der Waals surface area contributed by atoms with Gasteiger partial charge in [-0.15, -0.1) is 0 Å². The number of carboxylic acid groups (broad SMARTS) is 1. The number of carboxylic acids is 1. The van der Waals surface area contributed by atoms with Crippen LogP contribution in [0.3, 0.4) is 0 Å². The highest BCUT2D eigenvalue weighted by Gasteiger charge is 2.30. The van der Waals surface area contributed by atoms with E-state index >= 15 is 4.39 Å². The molecule has 2 aliphatic rings. The van der Waals surface area contributed by atoms with Crippen LogP contribution in [0.15, 0.2) is 60.7 Å². The number of ether oxygens (including phenoxy) is 4. The van der Waals surface area contributed by atoms with E-state index in [0.717, 1.165) is 22.3 Å². The van der Waals surface area contributed by atoms with Gasteiger partial charge in [-0.2, -0.15) is 0 Å². The fourth-order valence-corrected chi connectivity index (χ4v) is 6.49. The number of fused-ring (bicyclic) bond motifs is 2. The first-order chi connectivity index (χ1) is 22.2. The van der Waals surface area contributed by atoms with Crippen LogP contribution in [-0.2, 0) is 24.4 Å². The fourth-order valence-electron chi connectivity index (χ4n) is 5.69. The molecular weight excluding hydrogens is 660 g/mol. The molecule has 0 spiro atoms. The molecule has 1 aliphatic carbocycles. The maximum absolute atomic E-state index is 15.6. The molecule has 2 atom stereocenters. The number of rotatable bonds is 11. The van der Waals surface area contributed by atoms with Crippen molar-refractivity contribution in [1.29, 1.82) is 0 Å². The molecule has 240 valence electrons. The zero-order chi connectivity index (χ0) is 32.4. The Labute approximate surface area is 279 Å². The van der Waals surface area contributed by atoms with Crippen molar-refractivity contribution in [2.45, 2.75) is 38.1 Å². The molecule has 46 heavy (non-hydrogen) atoms. The zero-order valence-corrected chi connectivity index (χ0v) is 26.6. The van der Waals surface area contributed by atoms with Crippen molar-refractivity contribution in [3.63, 3.8) is 0 Å². The van der Waals surface area contributed by atoms with E-state index in [4.69, 9.17) is 53.8 Å². The fraction of sp³-hybridized carbons (Fsp3) is 0.265. The van der Waals surface area contributed by atoms with Gasteiger partial charge in [0.25, 0.3) is 0 Å². The summed E-state index contributed by atoms with van der Waals surface area (Å²) in [6.07, 6.45) is 0.911. The zero-order valence-electron chi connectivity index (χ0n) is 24.3. The normalized spacial score (nSPS) is 15.7. The molecule has 3 N–H and O–H groups in total. The lowest BCUT2D eigenvalue weighted by Gasteiger charge is -2.21. The second kappa shape index (κ2) is 13.9. The van der Waals surface area contributed by atoms with Gasteiger partial charge in [0.1, 0.15) is 43.5 Å². The Hall–Kier alpha value is -3.73. The number of nitrogens with one attached hydrogen (secondary N) is 1. The average molecular weight is 689 g/mol. The van der Waals surface area contributed by atoms with E-state index in [-0.39, 0.29) is 36.6 Å². The lowest BCUT2D eigenvalue weighted by Crippen LogP contribution is -2.39. The molecule has 12 heteroatoms. The number of hydrogen-bond donors (Lipinski definition) is 3. The van der Waals surface area contributed by atoms with E-state index < -0.39 is 24.4 Å². The molecule has 0 bridgehead atoms. The monoisotopic (exact) mass is 687 g/mol. The summed E-state index contributed by atoms with van der Waals surface area (Å²) in [6.45, 7) is 0.207. The molecule has 0 fully saturated rings. The first-order valence-corrected chi connectivity index (χ1v) is 15.7. The first-order valence-electron chi connectivity index (χ1n) is 14.6. The van der Waals surface area contributed by atoms with Crippen LogP contribution < -0.4 is 24.3 Å². The number of aliphatic carboxylic acids is 1. The number of aliphatic hydroxyl groups excluding tert-OH is 1. The largest absolute Gasteiger partial charge is 0.488 e. The summed E-state index contributed by atoms with van der Waals surface area (Å²) in [5.41, 5.74) is 4.34. The van der Waals surface area contributed by atoms with Crippen molar-refractivity contribution in [2.75, 3.05) is 19.8 Å². The standard InChI is InChI=1S/C34H29Cl3FNO7/c35-20-10-18(11-21(36)13-20)17-45-30-14-31(26(37)12-19(30)15-39-27(16-40)34(41)42)46-28-6-4-23-22(2-1-3-24(23)28)25-5-7-29-33(32(25)38)44-9-8-43-29/h1-3,5,7,10-14,27-28,39-40H,4,6,8-9,15-17H2,(H,41,42)/t27-,28-/m0/s1. The highest BCUT2D eigenvalue weighted by molar-refractivity contribution is 6.34. The number of carbonyl (C=O) groups is 1. The Bertz CT molecular complexity index is 1770. The van der Waals surface area contributed by atoms with Gasteiger partial charge in [0.15, 0.2) is 17.3 Å². The summed E-state index contributed by atoms with van der Waals surface area (Å²) in [5, 5.41) is 22.8. The highest BCUT2D eigenvalue weighted by atomic mass is 35.5. The third kappa shape index (κ3) is 6.84. The maximum Gasteiger partial charge on any atom is 0.323 e. The van der Waals surface area contributed by atoms with Crippen LogP contribution in [0.1, 0.15) is 34.8 Å². The van der Waals surface area contributed by atoms with Crippen molar-refractivity contribution in [3.05, 3.63) is 104 Å². The second-order valence-electron chi connectivity index (χ2n) is 10.9. The Morgan fingerprint density at radius 1 is 1.00 bits per heavy atom. The molecule has 4 aromatic rings. The van der Waals surface area contributed by atoms with Gasteiger partial charge in [-0.1, -0.05) is 53.0 Å². The Morgan fingerprint density at radius 3 is 2.54 bits per heavy atom. The molecule has 1 heterocycles. The summed E-state index contributed by atoms with van der Waals surface area (Å²) in [7, 11) is 0. The minimum Gasteiger partial charge on any atom is -0.488 e. The van der Waals surface area contributed by atoms with E-state index in [1.165, 1.54) is 0 Å². The Morgan fingerprint density at radius 2 is 1.78 bits per heavy atom. The third-order valence-electron chi connectivity index (χ3n) is 7.87. The van der Waals surface area contributed by atoms with Crippen molar-refractivity contribution in [1.82, 2.24) is 5.32 Å². The van der Waals surface area contributed by atoms with E-state index in [1.807, 2.05) is 18.2 Å². The lowest BCUT2D eigenvalue weighted by molar-refractivity contribution is -0.140. The van der Waals surface area contributed by atoms with Crippen LogP contribution in [0.5, 0.6) is 23.0 Å². The lowest BCUT2D eigenvalue weighted by atomic mass is 9.96. The molecule has 0 saturated heterocycles. The average Bonchev–Trinajstić information content (AvgIpc) is 3.44. The Kier molecular flexibility index (Phi) is 9.77. The van der Waals surface area contributed by atoms with E-state index in [9.17, 15) is 15.0 Å². The van der Waals surface area contributed by atoms with E-state index in [0.29, 0.717) is 57.9 Å². The molecule has 0 saturated carbocycles. The molecule has 8 nitrogen and oxygen atoms in total. The van der Waals surface area contributed by atoms with E-state index in [2.05, 4.69) is 5.32 Å². The number of hydrogen-bond acceptors (Lipinski definition) is 7. The summed E-state index contributed by atoms with van der Waals surface area (Å²) >= 11 is 19.0. The molecule has 1 aliphatic heterocycles. The molecule has 0 aromatic heterocycles. The number of halogens is 4. The van der Waals surface area contributed by atoms with Crippen LogP contribution in [0.4, 0.5) is 4.39 Å². The molecular formula is C34H29Cl3FNO7. The minimum atomic E-state index is -1.19. The molecule has 0 unspecified atom stereocenters. The first kappa shape index (κ1) is 32.2. The van der Waals surface area contributed by atoms with Crippen LogP contribution in [0.2, 0.25) is 15.1 Å². The Balaban J connectivity index is 1.28. The van der Waals surface area contributed by atoms with Crippen molar-refractivity contribution in [2.24, 2.45) is 0 Å². The predicted octanol–water partition coefficient (Wildman–Crippen LogP) is 7.40. The van der Waals surface area contributed by atoms with Crippen LogP contribution in [0.25, 0.3) is 11.1 Å². The summed E-state index contributed by atoms with van der Waals surface area (Å²) in [5.74, 6) is -0.405. The quantitative estimate of drug-likeness (QED) is 0.150. The van der Waals surface area contributed by atoms with Crippen LogP contribution in [0, 0.1) is 5.82 Å². The smallest absolute Gasteiger partial charge is 0.323 e. The summed E-state index contributed by atoms with van der Waals surface area (Å²) in [6, 6.07) is 16.3. The highest BCUT2D eigenvalue weighted by Crippen LogP contribution is 2.45. The maximum atomic E-state index is 15.6. The van der Waals surface area contributed by atoms with Gasteiger partial charge in [-0.3, -0.25) is 10.1 Å². The molecule has 0 radical (unpaired) electrons. The van der Waals surface area contributed by atoms with Crippen molar-refractivity contribution in [3.8, 4) is 34.1 Å². The van der Waals surface area contributed by atoms with Crippen molar-refractivity contribution < 1.29 is 38.3 Å². The SMILES string of the molecule is O=C(O)[C@H](CO)NCc1cc(Cl)c(O[C@H]2CCc3c(-c4ccc5c(c4F)OCCO5)cccc32)cc1OCc1cc(Cl)cc(Cl)c1. The summed E-state index contributed by atoms with van der Waals surface area (Å²) in [4.78, 5) is 11.5. The predicted molar refractivity (Wildman–Crippen MR) is 172 cm³/mol. The molecule has 4 aromatic carbocycles. The van der Waals surface area contributed by atoms with Gasteiger partial charge < -0.3 is 29.2 Å². The van der Waals surface area contributed by atoms with Gasteiger partial charge in [0.05, 0.1) is 11.6 Å². The third-order valence-corrected chi connectivity index (χ3v) is 8.61. The minimum absolute atomic E-state index is 0.0415. The van der Waals surface area contributed by atoms with Gasteiger partial charge >= 0.3 is 5.97 Å². The second-order valence-corrected chi connectivity index (χ2v) is 12.2. The van der Waals surface area contributed by atoms with Crippen LogP contribution >= 0.6 is 34.8 Å². The number of aliphatic hydroxyl groups is 1. The molecule has 0 amide bonds. The van der Waals surface area contributed by atoms with Gasteiger partial charge in [-0.25, -0.2) is 4.39 Å².